The summed E-state index contributed by atoms with van der Waals surface area (Å²) in [6.45, 7) is 0. The molecule has 0 unspecified atom stereocenters. The minimum atomic E-state index is -0.854. The van der Waals surface area contributed by atoms with Gasteiger partial charge in [-0.25, -0.2) is 4.79 Å². The number of thiophene rings is 1. The average molecular weight is 264 g/mol. The van der Waals surface area contributed by atoms with Crippen LogP contribution in [0.2, 0.25) is 0 Å². The third-order valence-electron chi connectivity index (χ3n) is 3.83. The number of carboxylic acids is 1. The van der Waals surface area contributed by atoms with E-state index in [1.807, 2.05) is 0 Å². The van der Waals surface area contributed by atoms with Crippen molar-refractivity contribution in [3.63, 3.8) is 0 Å². The lowest BCUT2D eigenvalue weighted by molar-refractivity contribution is -0.119. The highest BCUT2D eigenvalue weighted by atomic mass is 32.1. The van der Waals surface area contributed by atoms with E-state index in [9.17, 15) is 14.7 Å². The highest BCUT2D eigenvalue weighted by Gasteiger charge is 2.32. The number of carboxylic acid groups (broad SMARTS) is 1. The fourth-order valence-corrected chi connectivity index (χ4v) is 4.10. The fourth-order valence-electron chi connectivity index (χ4n) is 2.70. The number of hydrogen-bond acceptors (Lipinski definition) is 3. The molecule has 18 heavy (non-hydrogen) atoms. The van der Waals surface area contributed by atoms with Crippen LogP contribution in [0.3, 0.4) is 0 Å². The third kappa shape index (κ3) is 2.09. The van der Waals surface area contributed by atoms with Crippen LogP contribution < -0.4 is 0 Å². The van der Waals surface area contributed by atoms with Crippen molar-refractivity contribution in [1.82, 2.24) is 0 Å². The number of hydrogen-bond donors (Lipinski definition) is 1. The molecule has 0 saturated heterocycles. The molecule has 2 aliphatic rings. The van der Waals surface area contributed by atoms with Gasteiger partial charge in [-0.1, -0.05) is 0 Å². The second-order valence-electron chi connectivity index (χ2n) is 5.23. The number of Topliss-reactive ketones (excluding diaryl/α,β-unsaturated/α-hetero) is 1. The summed E-state index contributed by atoms with van der Waals surface area (Å²) >= 11 is 1.56. The summed E-state index contributed by atoms with van der Waals surface area (Å²) in [6.07, 6.45) is 6.38. The second-order valence-corrected chi connectivity index (χ2v) is 6.42. The molecule has 4 heteroatoms. The Morgan fingerprint density at radius 3 is 2.61 bits per heavy atom. The van der Waals surface area contributed by atoms with Gasteiger partial charge in [0.25, 0.3) is 0 Å². The monoisotopic (exact) mass is 264 g/mol. The SMILES string of the molecule is O=C(O)c1c(CC(=O)C2CC2)sc2c1CCCC2. The number of rotatable bonds is 4. The van der Waals surface area contributed by atoms with Crippen LogP contribution in [0, 0.1) is 5.92 Å². The number of carbonyl (C=O) groups excluding carboxylic acids is 1. The van der Waals surface area contributed by atoms with Gasteiger partial charge in [0.2, 0.25) is 0 Å². The molecule has 96 valence electrons. The third-order valence-corrected chi connectivity index (χ3v) is 5.12. The molecule has 1 aromatic rings. The summed E-state index contributed by atoms with van der Waals surface area (Å²) in [5.74, 6) is -0.408. The van der Waals surface area contributed by atoms with Crippen molar-refractivity contribution in [2.24, 2.45) is 5.92 Å². The summed E-state index contributed by atoms with van der Waals surface area (Å²) in [4.78, 5) is 25.3. The molecule has 2 aliphatic carbocycles. The highest BCUT2D eigenvalue weighted by molar-refractivity contribution is 7.12. The topological polar surface area (TPSA) is 54.4 Å². The zero-order chi connectivity index (χ0) is 12.7. The van der Waals surface area contributed by atoms with Crippen molar-refractivity contribution in [3.8, 4) is 0 Å². The molecule has 0 aromatic carbocycles. The van der Waals surface area contributed by atoms with Crippen LogP contribution in [0.25, 0.3) is 0 Å². The molecule has 1 aromatic heterocycles. The molecule has 0 bridgehead atoms. The van der Waals surface area contributed by atoms with Crippen LogP contribution in [0.5, 0.6) is 0 Å². The van der Waals surface area contributed by atoms with Gasteiger partial charge in [-0.3, -0.25) is 4.79 Å². The average Bonchev–Trinajstić information content (AvgIpc) is 3.10. The molecule has 0 spiro atoms. The Kier molecular flexibility index (Phi) is 2.98. The summed E-state index contributed by atoms with van der Waals surface area (Å²) in [5.41, 5.74) is 1.46. The molecule has 0 radical (unpaired) electrons. The first-order chi connectivity index (χ1) is 8.66. The maximum atomic E-state index is 11.9. The zero-order valence-corrected chi connectivity index (χ0v) is 11.0. The predicted molar refractivity (Wildman–Crippen MR) is 69.4 cm³/mol. The molecule has 1 heterocycles. The lowest BCUT2D eigenvalue weighted by atomic mass is 9.94. The van der Waals surface area contributed by atoms with E-state index in [0.717, 1.165) is 49.0 Å². The van der Waals surface area contributed by atoms with Gasteiger partial charge in [0.05, 0.1) is 5.56 Å². The quantitative estimate of drug-likeness (QED) is 0.909. The molecule has 3 nitrogen and oxygen atoms in total. The smallest absolute Gasteiger partial charge is 0.337 e. The largest absolute Gasteiger partial charge is 0.478 e. The van der Waals surface area contributed by atoms with Crippen molar-refractivity contribution in [2.75, 3.05) is 0 Å². The minimum Gasteiger partial charge on any atom is -0.478 e. The Morgan fingerprint density at radius 1 is 1.22 bits per heavy atom. The molecule has 0 aliphatic heterocycles. The molecule has 0 amide bonds. The van der Waals surface area contributed by atoms with E-state index in [4.69, 9.17) is 0 Å². The van der Waals surface area contributed by atoms with Gasteiger partial charge in [0.15, 0.2) is 0 Å². The first kappa shape index (κ1) is 11.9. The van der Waals surface area contributed by atoms with Crippen molar-refractivity contribution < 1.29 is 14.7 Å². The van der Waals surface area contributed by atoms with Crippen LogP contribution in [0.1, 0.15) is 51.4 Å². The molecule has 1 saturated carbocycles. The van der Waals surface area contributed by atoms with E-state index in [2.05, 4.69) is 0 Å². The van der Waals surface area contributed by atoms with Crippen LogP contribution in [0.15, 0.2) is 0 Å². The molecule has 3 rings (SSSR count). The lowest BCUT2D eigenvalue weighted by Gasteiger charge is -2.10. The second kappa shape index (κ2) is 4.50. The normalized spacial score (nSPS) is 18.4. The van der Waals surface area contributed by atoms with Gasteiger partial charge in [-0.2, -0.15) is 0 Å². The van der Waals surface area contributed by atoms with E-state index in [-0.39, 0.29) is 11.7 Å². The van der Waals surface area contributed by atoms with E-state index < -0.39 is 5.97 Å². The van der Waals surface area contributed by atoms with Gasteiger partial charge in [0.1, 0.15) is 5.78 Å². The van der Waals surface area contributed by atoms with Gasteiger partial charge in [0, 0.05) is 22.1 Å². The predicted octanol–water partition coefficient (Wildman–Crippen LogP) is 2.85. The minimum absolute atomic E-state index is 0.214. The van der Waals surface area contributed by atoms with Gasteiger partial charge < -0.3 is 5.11 Å². The number of ketones is 1. The number of fused-ring (bicyclic) bond motifs is 1. The first-order valence-corrected chi connectivity index (χ1v) is 7.38. The lowest BCUT2D eigenvalue weighted by Crippen LogP contribution is -2.10. The Morgan fingerprint density at radius 2 is 1.94 bits per heavy atom. The van der Waals surface area contributed by atoms with Gasteiger partial charge in [-0.15, -0.1) is 11.3 Å². The zero-order valence-electron chi connectivity index (χ0n) is 10.2. The van der Waals surface area contributed by atoms with Crippen LogP contribution in [0.4, 0.5) is 0 Å². The van der Waals surface area contributed by atoms with Gasteiger partial charge >= 0.3 is 5.97 Å². The maximum Gasteiger partial charge on any atom is 0.337 e. The molecule has 0 atom stereocenters. The van der Waals surface area contributed by atoms with E-state index in [0.29, 0.717) is 12.0 Å². The fraction of sp³-hybridized carbons (Fsp3) is 0.571. The Bertz CT molecular complexity index is 511. The standard InChI is InChI=1S/C14H16O3S/c15-10(8-5-6-8)7-12-13(14(16)17)9-3-1-2-4-11(9)18-12/h8H,1-7H2,(H,16,17). The van der Waals surface area contributed by atoms with Gasteiger partial charge in [-0.05, 0) is 44.1 Å². The van der Waals surface area contributed by atoms with E-state index in [1.165, 1.54) is 4.88 Å². The molecule has 1 fully saturated rings. The maximum absolute atomic E-state index is 11.9. The first-order valence-electron chi connectivity index (χ1n) is 6.56. The Labute approximate surface area is 110 Å². The van der Waals surface area contributed by atoms with E-state index >= 15 is 0 Å². The van der Waals surface area contributed by atoms with Crippen molar-refractivity contribution in [3.05, 3.63) is 20.9 Å². The Hall–Kier alpha value is -1.16. The summed E-state index contributed by atoms with van der Waals surface area (Å²) < 4.78 is 0. The van der Waals surface area contributed by atoms with Crippen LogP contribution >= 0.6 is 11.3 Å². The van der Waals surface area contributed by atoms with Crippen molar-refractivity contribution >= 4 is 23.1 Å². The van der Waals surface area contributed by atoms with Crippen LogP contribution in [-0.2, 0) is 24.1 Å². The number of aromatic carboxylic acids is 1. The van der Waals surface area contributed by atoms with E-state index in [1.54, 1.807) is 11.3 Å². The van der Waals surface area contributed by atoms with Crippen molar-refractivity contribution in [1.29, 1.82) is 0 Å². The molecular weight excluding hydrogens is 248 g/mol. The molecule has 1 N–H and O–H groups in total. The summed E-state index contributed by atoms with van der Waals surface area (Å²) in [5, 5.41) is 9.37. The van der Waals surface area contributed by atoms with Crippen LogP contribution in [-0.4, -0.2) is 16.9 Å². The van der Waals surface area contributed by atoms with Crippen molar-refractivity contribution in [2.45, 2.75) is 44.9 Å². The number of carbonyl (C=O) groups is 2. The highest BCUT2D eigenvalue weighted by Crippen LogP contribution is 2.37. The summed E-state index contributed by atoms with van der Waals surface area (Å²) in [7, 11) is 0. The number of aryl methyl sites for hydroxylation is 1. The molecular formula is C14H16O3S. The Balaban J connectivity index is 1.94. The summed E-state index contributed by atoms with van der Waals surface area (Å²) in [6, 6.07) is 0.